The number of pyridine rings is 1. The van der Waals surface area contributed by atoms with Crippen LogP contribution in [0.4, 0.5) is 0 Å². The van der Waals surface area contributed by atoms with Crippen molar-refractivity contribution in [2.75, 3.05) is 6.54 Å². The van der Waals surface area contributed by atoms with Gasteiger partial charge >= 0.3 is 0 Å². The number of hydrogen-bond donors (Lipinski definition) is 0. The number of aryl methyl sites for hydroxylation is 2. The van der Waals surface area contributed by atoms with Gasteiger partial charge in [-0.25, -0.2) is 4.98 Å². The summed E-state index contributed by atoms with van der Waals surface area (Å²) >= 11 is 0. The predicted molar refractivity (Wildman–Crippen MR) is 72.3 cm³/mol. The van der Waals surface area contributed by atoms with E-state index in [1.807, 2.05) is 36.1 Å². The maximum Gasteiger partial charge on any atom is 0.210 e. The predicted octanol–water partition coefficient (Wildman–Crippen LogP) is 1.64. The molecule has 0 N–H and O–H groups in total. The molecule has 5 nitrogen and oxygen atoms in total. The maximum atomic E-state index is 11.0. The molecule has 2 heterocycles. The first-order valence-corrected chi connectivity index (χ1v) is 6.34. The number of nitrogens with zero attached hydrogens (tertiary/aromatic N) is 4. The van der Waals surface area contributed by atoms with Gasteiger partial charge in [0, 0.05) is 38.2 Å². The van der Waals surface area contributed by atoms with Gasteiger partial charge in [0.1, 0.15) is 0 Å². The summed E-state index contributed by atoms with van der Waals surface area (Å²) in [5.41, 5.74) is 2.07. The lowest BCUT2D eigenvalue weighted by molar-refractivity contribution is -0.118. The van der Waals surface area contributed by atoms with Gasteiger partial charge in [-0.2, -0.15) is 0 Å². The van der Waals surface area contributed by atoms with Gasteiger partial charge in [0.2, 0.25) is 6.41 Å². The quantitative estimate of drug-likeness (QED) is 0.709. The second-order valence-electron chi connectivity index (χ2n) is 4.54. The minimum Gasteiger partial charge on any atom is -0.341 e. The molecule has 0 aliphatic heterocycles. The molecule has 0 saturated heterocycles. The Morgan fingerprint density at radius 3 is 3.00 bits per heavy atom. The van der Waals surface area contributed by atoms with E-state index in [9.17, 15) is 4.79 Å². The number of carbonyl (C=O) groups is 1. The fourth-order valence-corrected chi connectivity index (χ4v) is 1.95. The molecule has 0 spiro atoms. The second kappa shape index (κ2) is 6.68. The van der Waals surface area contributed by atoms with Gasteiger partial charge in [-0.05, 0) is 25.0 Å². The van der Waals surface area contributed by atoms with E-state index in [1.165, 1.54) is 0 Å². The van der Waals surface area contributed by atoms with E-state index < -0.39 is 0 Å². The van der Waals surface area contributed by atoms with E-state index in [2.05, 4.69) is 9.97 Å². The first kappa shape index (κ1) is 13.3. The summed E-state index contributed by atoms with van der Waals surface area (Å²) in [4.78, 5) is 21.0. The van der Waals surface area contributed by atoms with Crippen molar-refractivity contribution in [1.82, 2.24) is 19.4 Å². The van der Waals surface area contributed by atoms with Gasteiger partial charge in [-0.15, -0.1) is 0 Å². The molecule has 0 atom stereocenters. The van der Waals surface area contributed by atoms with Gasteiger partial charge < -0.3 is 9.47 Å². The van der Waals surface area contributed by atoms with Crippen LogP contribution in [0.5, 0.6) is 0 Å². The van der Waals surface area contributed by atoms with Crippen molar-refractivity contribution in [2.24, 2.45) is 0 Å². The van der Waals surface area contributed by atoms with E-state index in [4.69, 9.17) is 0 Å². The minimum absolute atomic E-state index is 0.611. The third-order valence-corrected chi connectivity index (χ3v) is 2.88. The third kappa shape index (κ3) is 4.21. The van der Waals surface area contributed by atoms with Gasteiger partial charge in [-0.1, -0.05) is 6.07 Å². The van der Waals surface area contributed by atoms with Crippen molar-refractivity contribution >= 4 is 6.41 Å². The second-order valence-corrected chi connectivity index (χ2v) is 4.54. The van der Waals surface area contributed by atoms with Gasteiger partial charge in [0.15, 0.2) is 0 Å². The highest BCUT2D eigenvalue weighted by molar-refractivity contribution is 5.47. The topological polar surface area (TPSA) is 51.0 Å². The fourth-order valence-electron chi connectivity index (χ4n) is 1.95. The Bertz CT molecular complexity index is 509. The molecule has 19 heavy (non-hydrogen) atoms. The van der Waals surface area contributed by atoms with Crippen LogP contribution < -0.4 is 0 Å². The Balaban J connectivity index is 1.78. The lowest BCUT2D eigenvalue weighted by atomic mass is 10.2. The van der Waals surface area contributed by atoms with Crippen molar-refractivity contribution in [3.8, 4) is 0 Å². The highest BCUT2D eigenvalue weighted by Gasteiger charge is 2.03. The lowest BCUT2D eigenvalue weighted by Crippen LogP contribution is -2.23. The molecule has 2 aromatic heterocycles. The van der Waals surface area contributed by atoms with Crippen molar-refractivity contribution in [2.45, 2.75) is 26.4 Å². The monoisotopic (exact) mass is 258 g/mol. The van der Waals surface area contributed by atoms with Crippen LogP contribution >= 0.6 is 0 Å². The summed E-state index contributed by atoms with van der Waals surface area (Å²) in [6.07, 6.45) is 9.15. The minimum atomic E-state index is 0.611. The zero-order valence-corrected chi connectivity index (χ0v) is 11.1. The van der Waals surface area contributed by atoms with E-state index in [-0.39, 0.29) is 0 Å². The Hall–Kier alpha value is -2.17. The smallest absolute Gasteiger partial charge is 0.210 e. The molecule has 0 bridgehead atoms. The standard InChI is InChI=1S/C14H18N4O/c1-13-9-17(11-16-13)6-3-7-18(12-19)10-14-4-2-5-15-8-14/h2,4-5,8-9,11-12H,3,6-7,10H2,1H3. The highest BCUT2D eigenvalue weighted by atomic mass is 16.1. The third-order valence-electron chi connectivity index (χ3n) is 2.88. The number of hydrogen-bond acceptors (Lipinski definition) is 3. The van der Waals surface area contributed by atoms with Crippen LogP contribution in [0.1, 0.15) is 17.7 Å². The summed E-state index contributed by atoms with van der Waals surface area (Å²) in [5, 5.41) is 0. The number of aromatic nitrogens is 3. The molecule has 2 aromatic rings. The van der Waals surface area contributed by atoms with E-state index in [0.29, 0.717) is 6.54 Å². The van der Waals surface area contributed by atoms with Crippen LogP contribution in [0.3, 0.4) is 0 Å². The van der Waals surface area contributed by atoms with Crippen molar-refractivity contribution < 1.29 is 4.79 Å². The Kier molecular flexibility index (Phi) is 4.66. The molecule has 0 saturated carbocycles. The Morgan fingerprint density at radius 1 is 1.47 bits per heavy atom. The number of imidazole rings is 1. The molecule has 0 radical (unpaired) electrons. The number of carbonyl (C=O) groups excluding carboxylic acids is 1. The maximum absolute atomic E-state index is 11.0. The van der Waals surface area contributed by atoms with Crippen LogP contribution in [0.15, 0.2) is 37.1 Å². The van der Waals surface area contributed by atoms with Crippen LogP contribution in [0.25, 0.3) is 0 Å². The fraction of sp³-hybridized carbons (Fsp3) is 0.357. The summed E-state index contributed by atoms with van der Waals surface area (Å²) < 4.78 is 2.04. The van der Waals surface area contributed by atoms with Crippen LogP contribution in [0.2, 0.25) is 0 Å². The Morgan fingerprint density at radius 2 is 2.37 bits per heavy atom. The molecule has 100 valence electrons. The average molecular weight is 258 g/mol. The summed E-state index contributed by atoms with van der Waals surface area (Å²) in [6.45, 7) is 4.19. The lowest BCUT2D eigenvalue weighted by Gasteiger charge is -2.17. The molecule has 0 aliphatic rings. The van der Waals surface area contributed by atoms with Crippen LogP contribution in [0, 0.1) is 6.92 Å². The van der Waals surface area contributed by atoms with Gasteiger partial charge in [0.25, 0.3) is 0 Å². The Labute approximate surface area is 112 Å². The largest absolute Gasteiger partial charge is 0.341 e. The van der Waals surface area contributed by atoms with Crippen molar-refractivity contribution in [1.29, 1.82) is 0 Å². The molecule has 1 amide bonds. The SMILES string of the molecule is Cc1cn(CCCN(C=O)Cc2cccnc2)cn1. The molecular weight excluding hydrogens is 240 g/mol. The van der Waals surface area contributed by atoms with E-state index >= 15 is 0 Å². The zero-order valence-electron chi connectivity index (χ0n) is 11.1. The van der Waals surface area contributed by atoms with Gasteiger partial charge in [-0.3, -0.25) is 9.78 Å². The summed E-state index contributed by atoms with van der Waals surface area (Å²) in [6, 6.07) is 3.86. The zero-order chi connectivity index (χ0) is 13.5. The van der Waals surface area contributed by atoms with Gasteiger partial charge in [0.05, 0.1) is 12.0 Å². The first-order chi connectivity index (χ1) is 9.28. The van der Waals surface area contributed by atoms with E-state index in [1.54, 1.807) is 17.3 Å². The van der Waals surface area contributed by atoms with Crippen LogP contribution in [-0.4, -0.2) is 32.4 Å². The number of rotatable bonds is 7. The normalized spacial score (nSPS) is 10.4. The molecular formula is C14H18N4O. The molecule has 0 fully saturated rings. The first-order valence-electron chi connectivity index (χ1n) is 6.34. The van der Waals surface area contributed by atoms with Crippen molar-refractivity contribution in [3.63, 3.8) is 0 Å². The number of amides is 1. The van der Waals surface area contributed by atoms with Crippen molar-refractivity contribution in [3.05, 3.63) is 48.3 Å². The van der Waals surface area contributed by atoms with Crippen LogP contribution in [-0.2, 0) is 17.9 Å². The summed E-state index contributed by atoms with van der Waals surface area (Å²) in [5.74, 6) is 0. The average Bonchev–Trinajstić information content (AvgIpc) is 2.84. The molecule has 0 aliphatic carbocycles. The highest BCUT2D eigenvalue weighted by Crippen LogP contribution is 2.03. The van der Waals surface area contributed by atoms with E-state index in [0.717, 1.165) is 37.2 Å². The molecule has 2 rings (SSSR count). The molecule has 5 heteroatoms. The summed E-state index contributed by atoms with van der Waals surface area (Å²) in [7, 11) is 0. The molecule has 0 aromatic carbocycles. The molecule has 0 unspecified atom stereocenters.